The van der Waals surface area contributed by atoms with E-state index >= 15 is 0 Å². The first-order chi connectivity index (χ1) is 8.47. The van der Waals surface area contributed by atoms with Crippen molar-refractivity contribution in [2.45, 2.75) is 13.0 Å². The summed E-state index contributed by atoms with van der Waals surface area (Å²) in [6.45, 7) is 1.61. The minimum absolute atomic E-state index is 0.0837. The van der Waals surface area contributed by atoms with Gasteiger partial charge in [0, 0.05) is 12.1 Å². The van der Waals surface area contributed by atoms with Crippen LogP contribution in [0.4, 0.5) is 5.69 Å². The third-order valence-electron chi connectivity index (χ3n) is 2.36. The summed E-state index contributed by atoms with van der Waals surface area (Å²) in [6.07, 6.45) is 1.38. The molecule has 1 atom stereocenters. The van der Waals surface area contributed by atoms with E-state index in [2.05, 4.69) is 4.74 Å². The van der Waals surface area contributed by atoms with Crippen LogP contribution < -0.4 is 5.73 Å². The first kappa shape index (κ1) is 13.9. The number of methoxy groups -OCH3 is 1. The first-order valence-corrected chi connectivity index (χ1v) is 5.26. The van der Waals surface area contributed by atoms with Gasteiger partial charge in [0.05, 0.1) is 23.2 Å². The molecule has 18 heavy (non-hydrogen) atoms. The minimum Gasteiger partial charge on any atom is -0.466 e. The summed E-state index contributed by atoms with van der Waals surface area (Å²) in [4.78, 5) is 21.8. The fourth-order valence-corrected chi connectivity index (χ4v) is 1.44. The average Bonchev–Trinajstić information content (AvgIpc) is 2.34. The van der Waals surface area contributed by atoms with Crippen LogP contribution in [0.2, 0.25) is 0 Å². The van der Waals surface area contributed by atoms with E-state index in [1.807, 2.05) is 0 Å². The van der Waals surface area contributed by atoms with E-state index in [9.17, 15) is 14.9 Å². The van der Waals surface area contributed by atoms with Crippen LogP contribution in [-0.4, -0.2) is 24.0 Å². The zero-order valence-electron chi connectivity index (χ0n) is 10.1. The highest BCUT2D eigenvalue weighted by molar-refractivity contribution is 5.95. The van der Waals surface area contributed by atoms with Crippen molar-refractivity contribution in [1.29, 1.82) is 0 Å². The second kappa shape index (κ2) is 5.92. The molecule has 0 radical (unpaired) electrons. The molecule has 0 aliphatic rings. The highest BCUT2D eigenvalue weighted by atomic mass is 16.6. The fraction of sp³-hybridized carbons (Fsp3) is 0.250. The van der Waals surface area contributed by atoms with Crippen LogP contribution in [0.15, 0.2) is 29.8 Å². The number of hydrogen-bond donors (Lipinski definition) is 1. The van der Waals surface area contributed by atoms with Crippen LogP contribution in [0.1, 0.15) is 12.5 Å². The number of nitrogens with zero attached hydrogens (tertiary/aromatic N) is 1. The number of para-hydroxylation sites is 1. The highest BCUT2D eigenvalue weighted by Crippen LogP contribution is 2.21. The van der Waals surface area contributed by atoms with Crippen LogP contribution in [0.25, 0.3) is 6.08 Å². The van der Waals surface area contributed by atoms with E-state index in [0.29, 0.717) is 5.56 Å². The molecular weight excluding hydrogens is 236 g/mol. The van der Waals surface area contributed by atoms with Crippen molar-refractivity contribution in [1.82, 2.24) is 0 Å². The first-order valence-electron chi connectivity index (χ1n) is 5.26. The van der Waals surface area contributed by atoms with Crippen molar-refractivity contribution in [3.8, 4) is 0 Å². The number of nitro benzene ring substituents is 1. The third-order valence-corrected chi connectivity index (χ3v) is 2.36. The standard InChI is InChI=1S/C12H14N2O4/c1-8(13)10(12(15)18-2)7-9-5-3-4-6-11(9)14(16)17/h3-8H,13H2,1-2H3/b10-7-. The summed E-state index contributed by atoms with van der Waals surface area (Å²) in [5, 5.41) is 10.8. The molecule has 0 spiro atoms. The summed E-state index contributed by atoms with van der Waals surface area (Å²) in [6, 6.07) is 5.54. The lowest BCUT2D eigenvalue weighted by Crippen LogP contribution is -2.24. The van der Waals surface area contributed by atoms with E-state index in [0.717, 1.165) is 0 Å². The van der Waals surface area contributed by atoms with Gasteiger partial charge in [-0.1, -0.05) is 12.1 Å². The number of carbonyl (C=O) groups is 1. The topological polar surface area (TPSA) is 95.5 Å². The largest absolute Gasteiger partial charge is 0.466 e. The molecule has 0 heterocycles. The summed E-state index contributed by atoms with van der Waals surface area (Å²) in [5.41, 5.74) is 6.07. The monoisotopic (exact) mass is 250 g/mol. The van der Waals surface area contributed by atoms with Crippen LogP contribution in [-0.2, 0) is 9.53 Å². The molecule has 0 saturated heterocycles. The molecule has 0 bridgehead atoms. The van der Waals surface area contributed by atoms with E-state index < -0.39 is 16.9 Å². The Morgan fingerprint density at radius 2 is 2.11 bits per heavy atom. The molecular formula is C12H14N2O4. The maximum absolute atomic E-state index is 11.5. The second-order valence-corrected chi connectivity index (χ2v) is 3.70. The summed E-state index contributed by atoms with van der Waals surface area (Å²) >= 11 is 0. The molecule has 1 aromatic rings. The van der Waals surface area contributed by atoms with Gasteiger partial charge in [-0.05, 0) is 19.1 Å². The number of ether oxygens (including phenoxy) is 1. The zero-order chi connectivity index (χ0) is 13.7. The lowest BCUT2D eigenvalue weighted by atomic mass is 10.0. The normalized spacial score (nSPS) is 12.9. The van der Waals surface area contributed by atoms with Crippen LogP contribution in [0.3, 0.4) is 0 Å². The molecule has 1 unspecified atom stereocenters. The van der Waals surface area contributed by atoms with Gasteiger partial charge < -0.3 is 10.5 Å². The van der Waals surface area contributed by atoms with Crippen LogP contribution >= 0.6 is 0 Å². The Bertz CT molecular complexity index is 495. The summed E-state index contributed by atoms with van der Waals surface area (Å²) in [5.74, 6) is -0.594. The zero-order valence-corrected chi connectivity index (χ0v) is 10.1. The molecule has 0 amide bonds. The van der Waals surface area contributed by atoms with Crippen molar-refractivity contribution >= 4 is 17.7 Å². The number of benzene rings is 1. The number of nitro groups is 1. The molecule has 0 fully saturated rings. The summed E-state index contributed by atoms with van der Waals surface area (Å²) in [7, 11) is 1.23. The Labute approximate surface area is 104 Å². The Morgan fingerprint density at radius 3 is 2.61 bits per heavy atom. The van der Waals surface area contributed by atoms with Crippen LogP contribution in [0.5, 0.6) is 0 Å². The number of rotatable bonds is 4. The molecule has 96 valence electrons. The van der Waals surface area contributed by atoms with Crippen LogP contribution in [0, 0.1) is 10.1 Å². The second-order valence-electron chi connectivity index (χ2n) is 3.70. The van der Waals surface area contributed by atoms with Gasteiger partial charge in [0.25, 0.3) is 5.69 Å². The average molecular weight is 250 g/mol. The molecule has 6 heteroatoms. The maximum Gasteiger partial charge on any atom is 0.335 e. The Hall–Kier alpha value is -2.21. The van der Waals surface area contributed by atoms with E-state index in [1.54, 1.807) is 25.1 Å². The number of carbonyl (C=O) groups excluding carboxylic acids is 1. The Kier molecular flexibility index (Phi) is 4.56. The molecule has 6 nitrogen and oxygen atoms in total. The lowest BCUT2D eigenvalue weighted by Gasteiger charge is -2.09. The van der Waals surface area contributed by atoms with E-state index in [4.69, 9.17) is 5.73 Å². The molecule has 1 rings (SSSR count). The van der Waals surface area contributed by atoms with Crippen molar-refractivity contribution in [3.63, 3.8) is 0 Å². The van der Waals surface area contributed by atoms with Gasteiger partial charge in [-0.25, -0.2) is 4.79 Å². The van der Waals surface area contributed by atoms with Gasteiger partial charge in [0.2, 0.25) is 0 Å². The highest BCUT2D eigenvalue weighted by Gasteiger charge is 2.17. The summed E-state index contributed by atoms with van der Waals surface area (Å²) < 4.78 is 4.59. The Balaban J connectivity index is 3.28. The molecule has 0 aromatic heterocycles. The molecule has 0 aliphatic carbocycles. The molecule has 2 N–H and O–H groups in total. The van der Waals surface area contributed by atoms with Crippen molar-refractivity contribution in [2.75, 3.05) is 7.11 Å². The van der Waals surface area contributed by atoms with E-state index in [1.165, 1.54) is 19.3 Å². The quantitative estimate of drug-likeness (QED) is 0.378. The van der Waals surface area contributed by atoms with E-state index in [-0.39, 0.29) is 11.3 Å². The van der Waals surface area contributed by atoms with Crippen molar-refractivity contribution in [2.24, 2.45) is 5.73 Å². The van der Waals surface area contributed by atoms with Gasteiger partial charge in [-0.3, -0.25) is 10.1 Å². The van der Waals surface area contributed by atoms with Gasteiger partial charge >= 0.3 is 5.97 Å². The minimum atomic E-state index is -0.594. The predicted octanol–water partition coefficient (Wildman–Crippen LogP) is 1.50. The van der Waals surface area contributed by atoms with Gasteiger partial charge in [-0.15, -0.1) is 0 Å². The van der Waals surface area contributed by atoms with Gasteiger partial charge in [0.1, 0.15) is 0 Å². The number of nitrogens with two attached hydrogens (primary N) is 1. The third kappa shape index (κ3) is 3.14. The SMILES string of the molecule is COC(=O)/C(=C\c1ccccc1[N+](=O)[O-])C(C)N. The molecule has 0 saturated carbocycles. The smallest absolute Gasteiger partial charge is 0.335 e. The molecule has 1 aromatic carbocycles. The molecule has 0 aliphatic heterocycles. The van der Waals surface area contributed by atoms with Crippen molar-refractivity contribution < 1.29 is 14.5 Å². The predicted molar refractivity (Wildman–Crippen MR) is 66.7 cm³/mol. The fourth-order valence-electron chi connectivity index (χ4n) is 1.44. The number of esters is 1. The maximum atomic E-state index is 11.5. The van der Waals surface area contributed by atoms with Gasteiger partial charge in [0.15, 0.2) is 0 Å². The number of hydrogen-bond acceptors (Lipinski definition) is 5. The lowest BCUT2D eigenvalue weighted by molar-refractivity contribution is -0.385. The van der Waals surface area contributed by atoms with Crippen molar-refractivity contribution in [3.05, 3.63) is 45.5 Å². The van der Waals surface area contributed by atoms with Gasteiger partial charge in [-0.2, -0.15) is 0 Å². The Morgan fingerprint density at radius 1 is 1.50 bits per heavy atom.